The van der Waals surface area contributed by atoms with Crippen LogP contribution in [0.2, 0.25) is 0 Å². The van der Waals surface area contributed by atoms with E-state index in [0.717, 1.165) is 44.1 Å². The number of rotatable bonds is 12. The molecule has 0 spiro atoms. The molecule has 0 atom stereocenters. The fraction of sp³-hybridized carbons (Fsp3) is 0.400. The molecule has 0 aromatic heterocycles. The van der Waals surface area contributed by atoms with Gasteiger partial charge in [-0.05, 0) is 51.8 Å². The second-order valence-electron chi connectivity index (χ2n) is 8.44. The van der Waals surface area contributed by atoms with Crippen molar-refractivity contribution in [3.8, 4) is 11.5 Å². The Morgan fingerprint density at radius 2 is 1.06 bits per heavy atom. The molecule has 3 aromatic carbocycles. The predicted octanol–water partition coefficient (Wildman–Crippen LogP) is 6.77. The Balaban J connectivity index is 2.13. The topological polar surface area (TPSA) is 24.9 Å². The number of nitrogens with zero attached hydrogens (tertiary/aromatic N) is 2. The number of hydrogen-bond donors (Lipinski definition) is 0. The van der Waals surface area contributed by atoms with Gasteiger partial charge in [-0.1, -0.05) is 42.5 Å². The van der Waals surface area contributed by atoms with Crippen molar-refractivity contribution < 1.29 is 9.47 Å². The number of methoxy groups -OCH3 is 2. The van der Waals surface area contributed by atoms with E-state index in [-0.39, 0.29) is 5.92 Å². The Hall–Kier alpha value is -3.14. The zero-order valence-corrected chi connectivity index (χ0v) is 21.7. The lowest BCUT2D eigenvalue weighted by molar-refractivity contribution is 0.399. The van der Waals surface area contributed by atoms with Gasteiger partial charge in [-0.3, -0.25) is 0 Å². The molecule has 0 fully saturated rings. The lowest BCUT2D eigenvalue weighted by Crippen LogP contribution is -2.22. The summed E-state index contributed by atoms with van der Waals surface area (Å²) in [5, 5.41) is 0. The van der Waals surface area contributed by atoms with Gasteiger partial charge in [-0.25, -0.2) is 0 Å². The van der Waals surface area contributed by atoms with E-state index >= 15 is 0 Å². The first-order valence-corrected chi connectivity index (χ1v) is 12.5. The third kappa shape index (κ3) is 5.67. The van der Waals surface area contributed by atoms with Crippen LogP contribution in [0, 0.1) is 0 Å². The van der Waals surface area contributed by atoms with Crippen LogP contribution in [0.5, 0.6) is 11.5 Å². The van der Waals surface area contributed by atoms with Gasteiger partial charge in [0.25, 0.3) is 0 Å². The van der Waals surface area contributed by atoms with E-state index in [1.165, 1.54) is 28.1 Å². The van der Waals surface area contributed by atoms with Gasteiger partial charge in [0.2, 0.25) is 0 Å². The highest BCUT2D eigenvalue weighted by Crippen LogP contribution is 2.41. The quantitative estimate of drug-likeness (QED) is 0.298. The number of ether oxygens (including phenoxy) is 2. The fourth-order valence-electron chi connectivity index (χ4n) is 4.78. The molecule has 0 aliphatic heterocycles. The van der Waals surface area contributed by atoms with Crippen molar-refractivity contribution in [1.29, 1.82) is 0 Å². The molecule has 3 aromatic rings. The zero-order valence-electron chi connectivity index (χ0n) is 21.7. The first-order valence-electron chi connectivity index (χ1n) is 12.5. The summed E-state index contributed by atoms with van der Waals surface area (Å²) < 4.78 is 11.9. The maximum atomic E-state index is 5.96. The Bertz CT molecular complexity index is 964. The van der Waals surface area contributed by atoms with Crippen LogP contribution in [0.3, 0.4) is 0 Å². The molecule has 0 aliphatic rings. The highest BCUT2D eigenvalue weighted by molar-refractivity contribution is 5.60. The molecule has 4 nitrogen and oxygen atoms in total. The summed E-state index contributed by atoms with van der Waals surface area (Å²) in [6.45, 7) is 12.6. The van der Waals surface area contributed by atoms with Gasteiger partial charge in [0.15, 0.2) is 0 Å². The molecule has 0 saturated heterocycles. The summed E-state index contributed by atoms with van der Waals surface area (Å²) in [6.07, 6.45) is 0.864. The summed E-state index contributed by atoms with van der Waals surface area (Å²) in [5.74, 6) is 1.93. The van der Waals surface area contributed by atoms with Crippen LogP contribution in [-0.4, -0.2) is 40.4 Å². The maximum Gasteiger partial charge on any atom is 0.124 e. The SMILES string of the molecule is CCN(CC)c1ccc(C(Cc2ccccc2)c2ccc(N(CC)CC)cc2OC)c(OC)c1. The normalized spacial score (nSPS) is 10.9. The molecule has 0 heterocycles. The summed E-state index contributed by atoms with van der Waals surface area (Å²) in [6, 6.07) is 23.9. The summed E-state index contributed by atoms with van der Waals surface area (Å²) in [4.78, 5) is 4.69. The molecule has 182 valence electrons. The van der Waals surface area contributed by atoms with E-state index in [1.54, 1.807) is 14.2 Å². The molecule has 0 radical (unpaired) electrons. The average Bonchev–Trinajstić information content (AvgIpc) is 2.89. The first kappa shape index (κ1) is 25.5. The van der Waals surface area contributed by atoms with Gasteiger partial charge >= 0.3 is 0 Å². The van der Waals surface area contributed by atoms with Crippen LogP contribution in [0.4, 0.5) is 11.4 Å². The van der Waals surface area contributed by atoms with Crippen molar-refractivity contribution in [1.82, 2.24) is 0 Å². The van der Waals surface area contributed by atoms with Gasteiger partial charge < -0.3 is 19.3 Å². The maximum absolute atomic E-state index is 5.96. The predicted molar refractivity (Wildman–Crippen MR) is 145 cm³/mol. The van der Waals surface area contributed by atoms with Gasteiger partial charge in [0.1, 0.15) is 11.5 Å². The molecular weight excluding hydrogens is 420 g/mol. The number of benzene rings is 3. The number of hydrogen-bond acceptors (Lipinski definition) is 4. The molecule has 3 rings (SSSR count). The van der Waals surface area contributed by atoms with E-state index in [4.69, 9.17) is 9.47 Å². The molecule has 0 N–H and O–H groups in total. The van der Waals surface area contributed by atoms with Gasteiger partial charge in [0.05, 0.1) is 14.2 Å². The standard InChI is InChI=1S/C30H40N2O2/c1-7-31(8-2)24-16-18-26(29(21-24)33-5)28(20-23-14-12-11-13-15-23)27-19-17-25(22-30(27)34-6)32(9-3)10-4/h11-19,21-22,28H,7-10,20H2,1-6H3. The highest BCUT2D eigenvalue weighted by atomic mass is 16.5. The van der Waals surface area contributed by atoms with E-state index in [2.05, 4.69) is 104 Å². The molecule has 0 amide bonds. The third-order valence-corrected chi connectivity index (χ3v) is 6.72. The van der Waals surface area contributed by atoms with Gasteiger partial charge in [-0.2, -0.15) is 0 Å². The molecule has 0 aliphatic carbocycles. The monoisotopic (exact) mass is 460 g/mol. The Morgan fingerprint density at radius 1 is 0.618 bits per heavy atom. The molecule has 4 heteroatoms. The van der Waals surface area contributed by atoms with Crippen molar-refractivity contribution >= 4 is 11.4 Å². The lowest BCUT2D eigenvalue weighted by atomic mass is 9.84. The molecule has 0 saturated carbocycles. The van der Waals surface area contributed by atoms with E-state index in [0.29, 0.717) is 0 Å². The van der Waals surface area contributed by atoms with Crippen LogP contribution < -0.4 is 19.3 Å². The van der Waals surface area contributed by atoms with Crippen LogP contribution >= 0.6 is 0 Å². The average molecular weight is 461 g/mol. The van der Waals surface area contributed by atoms with Gasteiger partial charge in [-0.15, -0.1) is 0 Å². The van der Waals surface area contributed by atoms with Crippen molar-refractivity contribution in [2.24, 2.45) is 0 Å². The van der Waals surface area contributed by atoms with Crippen LogP contribution in [0.1, 0.15) is 50.3 Å². The van der Waals surface area contributed by atoms with Crippen molar-refractivity contribution in [3.05, 3.63) is 83.4 Å². The van der Waals surface area contributed by atoms with E-state index in [9.17, 15) is 0 Å². The lowest BCUT2D eigenvalue weighted by Gasteiger charge is -2.27. The Morgan fingerprint density at radius 3 is 1.44 bits per heavy atom. The summed E-state index contributed by atoms with van der Waals surface area (Å²) in [5.41, 5.74) is 6.02. The first-order chi connectivity index (χ1) is 16.6. The van der Waals surface area contributed by atoms with Crippen LogP contribution in [-0.2, 0) is 6.42 Å². The van der Waals surface area contributed by atoms with Crippen molar-refractivity contribution in [2.45, 2.75) is 40.0 Å². The minimum absolute atomic E-state index is 0.101. The van der Waals surface area contributed by atoms with E-state index in [1.807, 2.05) is 0 Å². The highest BCUT2D eigenvalue weighted by Gasteiger charge is 2.24. The second-order valence-corrected chi connectivity index (χ2v) is 8.44. The smallest absolute Gasteiger partial charge is 0.124 e. The van der Waals surface area contributed by atoms with Crippen LogP contribution in [0.25, 0.3) is 0 Å². The van der Waals surface area contributed by atoms with Crippen molar-refractivity contribution in [2.75, 3.05) is 50.2 Å². The van der Waals surface area contributed by atoms with E-state index < -0.39 is 0 Å². The number of anilines is 2. The molecule has 0 bridgehead atoms. The molecule has 0 unspecified atom stereocenters. The van der Waals surface area contributed by atoms with Gasteiger partial charge in [0, 0.05) is 66.7 Å². The largest absolute Gasteiger partial charge is 0.496 e. The Kier molecular flexibility index (Phi) is 9.26. The summed E-state index contributed by atoms with van der Waals surface area (Å²) >= 11 is 0. The molecular formula is C30H40N2O2. The zero-order chi connectivity index (χ0) is 24.5. The Labute approximate surface area is 206 Å². The molecule has 34 heavy (non-hydrogen) atoms. The van der Waals surface area contributed by atoms with Crippen molar-refractivity contribution in [3.63, 3.8) is 0 Å². The summed E-state index contributed by atoms with van der Waals surface area (Å²) in [7, 11) is 3.54. The second kappa shape index (κ2) is 12.4. The van der Waals surface area contributed by atoms with Crippen LogP contribution in [0.15, 0.2) is 66.7 Å². The minimum Gasteiger partial charge on any atom is -0.496 e. The fourth-order valence-corrected chi connectivity index (χ4v) is 4.78. The minimum atomic E-state index is 0.101. The third-order valence-electron chi connectivity index (χ3n) is 6.72.